The molecule has 0 radical (unpaired) electrons. The second-order valence-corrected chi connectivity index (χ2v) is 6.53. The van der Waals surface area contributed by atoms with E-state index >= 15 is 0 Å². The standard InChI is InChI=1S/C17H15Br2NO3/c1-11-14(18)9-13(10-15(11)19)17(22)23-8-7-20-16(21)12-5-3-2-4-6-12/h2-6,9-10H,7-8H2,1H3,(H,20,21). The first-order valence-electron chi connectivity index (χ1n) is 6.95. The number of nitrogens with one attached hydrogen (secondary N) is 1. The van der Waals surface area contributed by atoms with Gasteiger partial charge < -0.3 is 10.1 Å². The fraction of sp³-hybridized carbons (Fsp3) is 0.176. The molecule has 0 aliphatic heterocycles. The molecular weight excluding hydrogens is 426 g/mol. The Hall–Kier alpha value is -1.66. The van der Waals surface area contributed by atoms with Gasteiger partial charge in [0.2, 0.25) is 0 Å². The molecule has 0 heterocycles. The topological polar surface area (TPSA) is 55.4 Å². The lowest BCUT2D eigenvalue weighted by Gasteiger charge is -2.09. The minimum atomic E-state index is -0.430. The molecule has 2 aromatic rings. The van der Waals surface area contributed by atoms with Crippen LogP contribution in [0.3, 0.4) is 0 Å². The second kappa shape index (κ2) is 8.26. The minimum Gasteiger partial charge on any atom is -0.460 e. The molecule has 23 heavy (non-hydrogen) atoms. The van der Waals surface area contributed by atoms with Crippen molar-refractivity contribution >= 4 is 43.7 Å². The summed E-state index contributed by atoms with van der Waals surface area (Å²) in [6.45, 7) is 2.30. The van der Waals surface area contributed by atoms with Gasteiger partial charge in [0.15, 0.2) is 0 Å². The van der Waals surface area contributed by atoms with E-state index in [1.165, 1.54) is 0 Å². The van der Waals surface area contributed by atoms with E-state index in [2.05, 4.69) is 37.2 Å². The molecule has 2 rings (SSSR count). The summed E-state index contributed by atoms with van der Waals surface area (Å²) in [5, 5.41) is 2.70. The van der Waals surface area contributed by atoms with Crippen LogP contribution >= 0.6 is 31.9 Å². The molecule has 120 valence electrons. The van der Waals surface area contributed by atoms with Crippen molar-refractivity contribution in [2.75, 3.05) is 13.2 Å². The zero-order valence-electron chi connectivity index (χ0n) is 12.4. The van der Waals surface area contributed by atoms with Gasteiger partial charge in [-0.2, -0.15) is 0 Å². The summed E-state index contributed by atoms with van der Waals surface area (Å²) in [6, 6.07) is 12.3. The molecule has 0 aromatic heterocycles. The molecule has 4 nitrogen and oxygen atoms in total. The maximum atomic E-state index is 12.0. The van der Waals surface area contributed by atoms with Crippen molar-refractivity contribution in [3.8, 4) is 0 Å². The number of carbonyl (C=O) groups excluding carboxylic acids is 2. The maximum absolute atomic E-state index is 12.0. The summed E-state index contributed by atoms with van der Waals surface area (Å²) in [6.07, 6.45) is 0. The number of hydrogen-bond acceptors (Lipinski definition) is 3. The Bertz CT molecular complexity index is 694. The van der Waals surface area contributed by atoms with E-state index in [1.54, 1.807) is 36.4 Å². The highest BCUT2D eigenvalue weighted by atomic mass is 79.9. The van der Waals surface area contributed by atoms with Crippen molar-refractivity contribution in [3.63, 3.8) is 0 Å². The smallest absolute Gasteiger partial charge is 0.338 e. The average Bonchev–Trinajstić information content (AvgIpc) is 2.56. The van der Waals surface area contributed by atoms with Gasteiger partial charge in [0.25, 0.3) is 5.91 Å². The van der Waals surface area contributed by atoms with Crippen LogP contribution in [0.1, 0.15) is 26.3 Å². The number of rotatable bonds is 5. The Morgan fingerprint density at radius 1 is 1.04 bits per heavy atom. The highest BCUT2D eigenvalue weighted by Gasteiger charge is 2.12. The minimum absolute atomic E-state index is 0.112. The van der Waals surface area contributed by atoms with Crippen molar-refractivity contribution in [2.24, 2.45) is 0 Å². The lowest BCUT2D eigenvalue weighted by atomic mass is 10.1. The third-order valence-corrected chi connectivity index (χ3v) is 4.82. The Morgan fingerprint density at radius 2 is 1.65 bits per heavy atom. The normalized spacial score (nSPS) is 10.2. The molecule has 0 unspecified atom stereocenters. The van der Waals surface area contributed by atoms with Crippen LogP contribution < -0.4 is 5.32 Å². The first-order valence-corrected chi connectivity index (χ1v) is 8.53. The molecule has 1 N–H and O–H groups in total. The van der Waals surface area contributed by atoms with Gasteiger partial charge in [-0.15, -0.1) is 0 Å². The van der Waals surface area contributed by atoms with Gasteiger partial charge in [-0.1, -0.05) is 50.1 Å². The Kier molecular flexibility index (Phi) is 6.36. The quantitative estimate of drug-likeness (QED) is 0.562. The third kappa shape index (κ3) is 4.91. The van der Waals surface area contributed by atoms with Crippen LogP contribution in [-0.2, 0) is 4.74 Å². The van der Waals surface area contributed by atoms with Crippen LogP contribution in [0.4, 0.5) is 0 Å². The number of esters is 1. The lowest BCUT2D eigenvalue weighted by molar-refractivity contribution is 0.0503. The highest BCUT2D eigenvalue weighted by molar-refractivity contribution is 9.11. The Balaban J connectivity index is 1.82. The average molecular weight is 441 g/mol. The van der Waals surface area contributed by atoms with E-state index in [0.29, 0.717) is 11.1 Å². The molecule has 0 fully saturated rings. The number of amides is 1. The van der Waals surface area contributed by atoms with Gasteiger partial charge in [0.1, 0.15) is 6.61 Å². The van der Waals surface area contributed by atoms with Crippen molar-refractivity contribution in [2.45, 2.75) is 6.92 Å². The zero-order chi connectivity index (χ0) is 16.8. The maximum Gasteiger partial charge on any atom is 0.338 e. The monoisotopic (exact) mass is 439 g/mol. The molecule has 0 aliphatic carbocycles. The van der Waals surface area contributed by atoms with Crippen molar-refractivity contribution in [3.05, 3.63) is 68.1 Å². The van der Waals surface area contributed by atoms with Crippen LogP contribution in [0.25, 0.3) is 0 Å². The molecule has 0 aliphatic rings. The van der Waals surface area contributed by atoms with E-state index < -0.39 is 5.97 Å². The van der Waals surface area contributed by atoms with Crippen LogP contribution in [0, 0.1) is 6.92 Å². The summed E-state index contributed by atoms with van der Waals surface area (Å²) >= 11 is 6.79. The van der Waals surface area contributed by atoms with E-state index in [0.717, 1.165) is 14.5 Å². The van der Waals surface area contributed by atoms with E-state index in [1.807, 2.05) is 13.0 Å². The fourth-order valence-corrected chi connectivity index (χ4v) is 3.03. The Morgan fingerprint density at radius 3 is 2.26 bits per heavy atom. The molecule has 0 spiro atoms. The summed E-state index contributed by atoms with van der Waals surface area (Å²) in [4.78, 5) is 23.8. The number of ether oxygens (including phenoxy) is 1. The SMILES string of the molecule is Cc1c(Br)cc(C(=O)OCCNC(=O)c2ccccc2)cc1Br. The summed E-state index contributed by atoms with van der Waals surface area (Å²) in [5.41, 5.74) is 2.03. The van der Waals surface area contributed by atoms with Crippen molar-refractivity contribution < 1.29 is 14.3 Å². The van der Waals surface area contributed by atoms with Crippen LogP contribution in [0.5, 0.6) is 0 Å². The zero-order valence-corrected chi connectivity index (χ0v) is 15.6. The first kappa shape index (κ1) is 17.7. The predicted octanol–water partition coefficient (Wildman–Crippen LogP) is 4.11. The van der Waals surface area contributed by atoms with Gasteiger partial charge in [0, 0.05) is 14.5 Å². The van der Waals surface area contributed by atoms with Gasteiger partial charge in [-0.3, -0.25) is 4.79 Å². The molecule has 1 amide bonds. The molecule has 6 heteroatoms. The first-order chi connectivity index (χ1) is 11.0. The van der Waals surface area contributed by atoms with Crippen molar-refractivity contribution in [1.82, 2.24) is 5.32 Å². The number of carbonyl (C=O) groups is 2. The Labute approximate surface area is 151 Å². The summed E-state index contributed by atoms with van der Waals surface area (Å²) in [5.74, 6) is -0.622. The largest absolute Gasteiger partial charge is 0.460 e. The third-order valence-electron chi connectivity index (χ3n) is 3.17. The van der Waals surface area contributed by atoms with Gasteiger partial charge >= 0.3 is 5.97 Å². The summed E-state index contributed by atoms with van der Waals surface area (Å²) in [7, 11) is 0. The summed E-state index contributed by atoms with van der Waals surface area (Å²) < 4.78 is 6.83. The predicted molar refractivity (Wildman–Crippen MR) is 95.6 cm³/mol. The number of benzene rings is 2. The molecule has 0 atom stereocenters. The second-order valence-electron chi connectivity index (χ2n) is 4.82. The molecule has 0 saturated heterocycles. The van der Waals surface area contributed by atoms with E-state index in [4.69, 9.17) is 4.74 Å². The highest BCUT2D eigenvalue weighted by Crippen LogP contribution is 2.26. The fourth-order valence-electron chi connectivity index (χ4n) is 1.85. The van der Waals surface area contributed by atoms with Gasteiger partial charge in [-0.05, 0) is 36.8 Å². The van der Waals surface area contributed by atoms with E-state index in [9.17, 15) is 9.59 Å². The number of halogens is 2. The molecular formula is C17H15Br2NO3. The van der Waals surface area contributed by atoms with Gasteiger partial charge in [0.05, 0.1) is 12.1 Å². The van der Waals surface area contributed by atoms with Crippen LogP contribution in [-0.4, -0.2) is 25.0 Å². The molecule has 0 bridgehead atoms. The van der Waals surface area contributed by atoms with Crippen LogP contribution in [0.15, 0.2) is 51.4 Å². The molecule has 0 saturated carbocycles. The molecule has 2 aromatic carbocycles. The van der Waals surface area contributed by atoms with Gasteiger partial charge in [-0.25, -0.2) is 4.79 Å². The van der Waals surface area contributed by atoms with Crippen molar-refractivity contribution in [1.29, 1.82) is 0 Å². The lowest BCUT2D eigenvalue weighted by Crippen LogP contribution is -2.28. The van der Waals surface area contributed by atoms with E-state index in [-0.39, 0.29) is 19.1 Å². The number of hydrogen-bond donors (Lipinski definition) is 1. The van der Waals surface area contributed by atoms with Crippen LogP contribution in [0.2, 0.25) is 0 Å².